The first-order valence-corrected chi connectivity index (χ1v) is 8.68. The third-order valence-electron chi connectivity index (χ3n) is 5.25. The van der Waals surface area contributed by atoms with Crippen LogP contribution in [0, 0.1) is 23.3 Å². The zero-order chi connectivity index (χ0) is 17.4. The van der Waals surface area contributed by atoms with E-state index in [2.05, 4.69) is 29.4 Å². The number of hydrogen-bond acceptors (Lipinski definition) is 4. The van der Waals surface area contributed by atoms with E-state index in [1.807, 2.05) is 36.2 Å². The number of nitrogens with zero attached hydrogens (tertiary/aromatic N) is 4. The fourth-order valence-corrected chi connectivity index (χ4v) is 3.84. The molecule has 0 spiro atoms. The molecule has 0 bridgehead atoms. The molecule has 1 aromatic heterocycles. The quantitative estimate of drug-likeness (QED) is 0.793. The lowest BCUT2D eigenvalue weighted by molar-refractivity contribution is -0.122. The van der Waals surface area contributed by atoms with Crippen molar-refractivity contribution in [2.45, 2.75) is 13.3 Å². The third-order valence-corrected chi connectivity index (χ3v) is 5.25. The maximum absolute atomic E-state index is 13.0. The van der Waals surface area contributed by atoms with Crippen molar-refractivity contribution in [2.75, 3.05) is 24.5 Å². The maximum Gasteiger partial charge on any atom is 0.233 e. The number of likely N-dealkylation sites (tertiary alicyclic amines) is 1. The van der Waals surface area contributed by atoms with Crippen LogP contribution in [0.4, 0.5) is 5.82 Å². The fraction of sp³-hybridized carbons (Fsp3) is 0.350. The Kier molecular flexibility index (Phi) is 3.89. The number of carbonyl (C=O) groups is 1. The largest absolute Gasteiger partial charge is 0.310 e. The lowest BCUT2D eigenvalue weighted by Crippen LogP contribution is -2.38. The Balaban J connectivity index is 1.58. The van der Waals surface area contributed by atoms with Crippen LogP contribution in [0.25, 0.3) is 11.1 Å². The molecule has 25 heavy (non-hydrogen) atoms. The number of amides is 1. The summed E-state index contributed by atoms with van der Waals surface area (Å²) in [6.45, 7) is 3.90. The zero-order valence-electron chi connectivity index (χ0n) is 14.2. The topological polar surface area (TPSA) is 60.2 Å². The Bertz CT molecular complexity index is 843. The Morgan fingerprint density at radius 3 is 2.76 bits per heavy atom. The highest BCUT2D eigenvalue weighted by Crippen LogP contribution is 2.33. The van der Waals surface area contributed by atoms with E-state index in [0.29, 0.717) is 19.6 Å². The van der Waals surface area contributed by atoms with Gasteiger partial charge in [-0.3, -0.25) is 9.69 Å². The molecule has 1 saturated heterocycles. The van der Waals surface area contributed by atoms with Crippen molar-refractivity contribution >= 4 is 11.7 Å². The average molecular weight is 332 g/mol. The van der Waals surface area contributed by atoms with Crippen LogP contribution in [0.2, 0.25) is 0 Å². The van der Waals surface area contributed by atoms with Crippen LogP contribution in [0.3, 0.4) is 0 Å². The first kappa shape index (κ1) is 15.6. The van der Waals surface area contributed by atoms with Gasteiger partial charge in [0.05, 0.1) is 5.92 Å². The van der Waals surface area contributed by atoms with Crippen LogP contribution in [0.5, 0.6) is 0 Å². The van der Waals surface area contributed by atoms with Crippen molar-refractivity contribution in [1.82, 2.24) is 9.88 Å². The second kappa shape index (κ2) is 6.21. The summed E-state index contributed by atoms with van der Waals surface area (Å²) in [5, 5.41) is 9.08. The van der Waals surface area contributed by atoms with E-state index in [1.165, 1.54) is 0 Å². The molecule has 2 aliphatic heterocycles. The molecule has 3 heterocycles. The van der Waals surface area contributed by atoms with Crippen LogP contribution < -0.4 is 4.90 Å². The molecule has 1 fully saturated rings. The predicted octanol–water partition coefficient (Wildman–Crippen LogP) is 2.69. The van der Waals surface area contributed by atoms with Crippen LogP contribution in [-0.2, 0) is 11.2 Å². The van der Waals surface area contributed by atoms with Crippen molar-refractivity contribution in [1.29, 1.82) is 5.26 Å². The molecule has 0 N–H and O–H groups in total. The van der Waals surface area contributed by atoms with Gasteiger partial charge in [-0.2, -0.15) is 5.26 Å². The minimum Gasteiger partial charge on any atom is -0.310 e. The Hall–Kier alpha value is -2.87. The smallest absolute Gasteiger partial charge is 0.233 e. The van der Waals surface area contributed by atoms with Crippen molar-refractivity contribution < 1.29 is 4.79 Å². The van der Waals surface area contributed by atoms with E-state index < -0.39 is 0 Å². The van der Waals surface area contributed by atoms with Gasteiger partial charge < -0.3 is 4.90 Å². The number of anilines is 1. The summed E-state index contributed by atoms with van der Waals surface area (Å²) in [6, 6.07) is 12.3. The minimum absolute atomic E-state index is 0.101. The molecule has 0 aliphatic carbocycles. The number of hydrogen-bond donors (Lipinski definition) is 0. The van der Waals surface area contributed by atoms with E-state index in [0.717, 1.165) is 28.9 Å². The van der Waals surface area contributed by atoms with Gasteiger partial charge in [0.25, 0.3) is 0 Å². The molecule has 0 unspecified atom stereocenters. The first-order chi connectivity index (χ1) is 12.2. The second-order valence-corrected chi connectivity index (χ2v) is 6.90. The van der Waals surface area contributed by atoms with Crippen LogP contribution in [0.1, 0.15) is 12.5 Å². The molecule has 1 aromatic carbocycles. The van der Waals surface area contributed by atoms with Crippen LogP contribution >= 0.6 is 0 Å². The van der Waals surface area contributed by atoms with Gasteiger partial charge in [-0.1, -0.05) is 37.3 Å². The summed E-state index contributed by atoms with van der Waals surface area (Å²) < 4.78 is 0. The van der Waals surface area contributed by atoms with Crippen LogP contribution in [0.15, 0.2) is 42.6 Å². The number of benzene rings is 1. The average Bonchev–Trinajstić information content (AvgIpc) is 3.24. The van der Waals surface area contributed by atoms with E-state index in [4.69, 9.17) is 5.26 Å². The Morgan fingerprint density at radius 1 is 1.24 bits per heavy atom. The highest BCUT2D eigenvalue weighted by molar-refractivity contribution is 5.96. The maximum atomic E-state index is 13.0. The summed E-state index contributed by atoms with van der Waals surface area (Å²) >= 11 is 0. The Labute approximate surface area is 147 Å². The van der Waals surface area contributed by atoms with Crippen molar-refractivity contribution in [3.05, 3.63) is 48.2 Å². The summed E-state index contributed by atoms with van der Waals surface area (Å²) in [5.74, 6) is 0.956. The van der Waals surface area contributed by atoms with Crippen molar-refractivity contribution in [3.8, 4) is 17.3 Å². The van der Waals surface area contributed by atoms with Gasteiger partial charge in [-0.05, 0) is 29.5 Å². The number of rotatable bonds is 2. The lowest BCUT2D eigenvalue weighted by atomic mass is 9.97. The van der Waals surface area contributed by atoms with Gasteiger partial charge in [0.15, 0.2) is 6.19 Å². The summed E-state index contributed by atoms with van der Waals surface area (Å²) in [7, 11) is 0. The molecule has 126 valence electrons. The molecule has 1 amide bonds. The molecule has 5 nitrogen and oxygen atoms in total. The van der Waals surface area contributed by atoms with E-state index in [-0.39, 0.29) is 17.7 Å². The molecule has 4 rings (SSSR count). The van der Waals surface area contributed by atoms with Crippen LogP contribution in [-0.4, -0.2) is 35.4 Å². The summed E-state index contributed by atoms with van der Waals surface area (Å²) in [5.41, 5.74) is 3.34. The molecule has 0 radical (unpaired) electrons. The molecule has 5 heteroatoms. The normalized spacial score (nSPS) is 21.9. The number of nitriles is 1. The zero-order valence-corrected chi connectivity index (χ0v) is 14.2. The predicted molar refractivity (Wildman–Crippen MR) is 95.6 cm³/mol. The molecule has 0 saturated carbocycles. The third kappa shape index (κ3) is 2.74. The SMILES string of the molecule is C[C@H]1CN(C#N)C[C@@H]1C(=O)N1CCc2cc(-c3ccccc3)cnc21. The summed E-state index contributed by atoms with van der Waals surface area (Å²) in [6.07, 6.45) is 4.84. The lowest BCUT2D eigenvalue weighted by Gasteiger charge is -2.22. The van der Waals surface area contributed by atoms with Gasteiger partial charge in [-0.15, -0.1) is 0 Å². The number of pyridine rings is 1. The second-order valence-electron chi connectivity index (χ2n) is 6.90. The van der Waals surface area contributed by atoms with Gasteiger partial charge >= 0.3 is 0 Å². The molecular weight excluding hydrogens is 312 g/mol. The minimum atomic E-state index is -0.124. The number of carbonyl (C=O) groups excluding carboxylic acids is 1. The van der Waals surface area contributed by atoms with Gasteiger partial charge in [0.1, 0.15) is 5.82 Å². The van der Waals surface area contributed by atoms with E-state index >= 15 is 0 Å². The molecule has 2 atom stereocenters. The van der Waals surface area contributed by atoms with E-state index in [9.17, 15) is 4.79 Å². The fourth-order valence-electron chi connectivity index (χ4n) is 3.84. The summed E-state index contributed by atoms with van der Waals surface area (Å²) in [4.78, 5) is 21.1. The van der Waals surface area contributed by atoms with E-state index in [1.54, 1.807) is 4.90 Å². The highest BCUT2D eigenvalue weighted by atomic mass is 16.2. The van der Waals surface area contributed by atoms with Crippen molar-refractivity contribution in [3.63, 3.8) is 0 Å². The number of aromatic nitrogens is 1. The standard InChI is InChI=1S/C20H20N4O/c1-14-11-23(13-21)12-18(14)20(25)24-8-7-16-9-17(10-22-19(16)24)15-5-3-2-4-6-15/h2-6,9-10,14,18H,7-8,11-12H2,1H3/t14-,18-/m0/s1. The first-order valence-electron chi connectivity index (χ1n) is 8.68. The highest BCUT2D eigenvalue weighted by Gasteiger charge is 2.39. The Morgan fingerprint density at radius 2 is 2.04 bits per heavy atom. The van der Waals surface area contributed by atoms with Gasteiger partial charge in [0, 0.05) is 31.4 Å². The molecule has 2 aromatic rings. The van der Waals surface area contributed by atoms with Crippen molar-refractivity contribution in [2.24, 2.45) is 11.8 Å². The van der Waals surface area contributed by atoms with Gasteiger partial charge in [-0.25, -0.2) is 4.98 Å². The van der Waals surface area contributed by atoms with Gasteiger partial charge in [0.2, 0.25) is 5.91 Å². The monoisotopic (exact) mass is 332 g/mol. The molecular formula is C20H20N4O. The molecule has 2 aliphatic rings. The number of fused-ring (bicyclic) bond motifs is 1.